The summed E-state index contributed by atoms with van der Waals surface area (Å²) in [6, 6.07) is 4.29. The second kappa shape index (κ2) is 5.25. The maximum absolute atomic E-state index is 12.2. The second-order valence-corrected chi connectivity index (χ2v) is 7.00. The third kappa shape index (κ3) is 2.72. The number of aromatic carboxylic acids is 1. The first-order valence-corrected chi connectivity index (χ1v) is 8.28. The molecule has 21 heavy (non-hydrogen) atoms. The molecule has 7 heteroatoms. The molecule has 0 atom stereocenters. The SMILES string of the molecule is O=C(O)c1ccc2c(c1)S(=O)(=O)C=C2CN1CCNCC1. The van der Waals surface area contributed by atoms with Crippen molar-refractivity contribution in [1.82, 2.24) is 10.2 Å². The van der Waals surface area contributed by atoms with Gasteiger partial charge in [0, 0.05) is 38.1 Å². The predicted octanol–water partition coefficient (Wildman–Crippen LogP) is 0.418. The van der Waals surface area contributed by atoms with Crippen molar-refractivity contribution in [1.29, 1.82) is 0 Å². The van der Waals surface area contributed by atoms with Crippen LogP contribution in [0.5, 0.6) is 0 Å². The highest BCUT2D eigenvalue weighted by atomic mass is 32.2. The van der Waals surface area contributed by atoms with Crippen LogP contribution in [0.4, 0.5) is 0 Å². The summed E-state index contributed by atoms with van der Waals surface area (Å²) < 4.78 is 24.4. The summed E-state index contributed by atoms with van der Waals surface area (Å²) >= 11 is 0. The van der Waals surface area contributed by atoms with Crippen LogP contribution in [0.25, 0.3) is 5.57 Å². The normalized spacial score (nSPS) is 20.9. The minimum Gasteiger partial charge on any atom is -0.478 e. The summed E-state index contributed by atoms with van der Waals surface area (Å²) in [6.07, 6.45) is 0. The molecule has 2 heterocycles. The number of carboxylic acids is 1. The van der Waals surface area contributed by atoms with E-state index in [4.69, 9.17) is 5.11 Å². The molecule has 0 amide bonds. The summed E-state index contributed by atoms with van der Waals surface area (Å²) in [4.78, 5) is 13.3. The van der Waals surface area contributed by atoms with E-state index in [1.54, 1.807) is 6.07 Å². The molecule has 0 radical (unpaired) electrons. The van der Waals surface area contributed by atoms with Crippen molar-refractivity contribution in [3.05, 3.63) is 34.7 Å². The Morgan fingerprint density at radius 3 is 2.67 bits per heavy atom. The Kier molecular flexibility index (Phi) is 3.56. The van der Waals surface area contributed by atoms with Crippen LogP contribution in [-0.4, -0.2) is 57.1 Å². The van der Waals surface area contributed by atoms with Crippen LogP contribution in [0.2, 0.25) is 0 Å². The van der Waals surface area contributed by atoms with E-state index in [-0.39, 0.29) is 10.5 Å². The number of hydrogen-bond donors (Lipinski definition) is 2. The molecule has 2 aliphatic rings. The number of nitrogens with one attached hydrogen (secondary N) is 1. The molecular formula is C14H16N2O4S. The Morgan fingerprint density at radius 1 is 1.29 bits per heavy atom. The van der Waals surface area contributed by atoms with E-state index in [1.165, 1.54) is 17.5 Å². The van der Waals surface area contributed by atoms with Gasteiger partial charge in [0.25, 0.3) is 0 Å². The summed E-state index contributed by atoms with van der Waals surface area (Å²) in [7, 11) is -3.53. The Labute approximate surface area is 123 Å². The number of sulfone groups is 1. The molecule has 0 unspecified atom stereocenters. The van der Waals surface area contributed by atoms with Gasteiger partial charge in [0.15, 0.2) is 0 Å². The highest BCUT2D eigenvalue weighted by Gasteiger charge is 2.29. The highest BCUT2D eigenvalue weighted by molar-refractivity contribution is 7.95. The number of piperazine rings is 1. The number of hydrogen-bond acceptors (Lipinski definition) is 5. The lowest BCUT2D eigenvalue weighted by Gasteiger charge is -2.27. The van der Waals surface area contributed by atoms with Crippen LogP contribution >= 0.6 is 0 Å². The van der Waals surface area contributed by atoms with Gasteiger partial charge in [-0.1, -0.05) is 6.07 Å². The summed E-state index contributed by atoms with van der Waals surface area (Å²) in [5.41, 5.74) is 1.36. The van der Waals surface area contributed by atoms with E-state index < -0.39 is 15.8 Å². The first kappa shape index (κ1) is 14.2. The van der Waals surface area contributed by atoms with Gasteiger partial charge in [-0.2, -0.15) is 0 Å². The van der Waals surface area contributed by atoms with E-state index in [2.05, 4.69) is 10.2 Å². The van der Waals surface area contributed by atoms with Gasteiger partial charge in [0.2, 0.25) is 9.84 Å². The van der Waals surface area contributed by atoms with Crippen LogP contribution in [-0.2, 0) is 9.84 Å². The van der Waals surface area contributed by atoms with Crippen LogP contribution in [0.3, 0.4) is 0 Å². The molecule has 0 aliphatic carbocycles. The van der Waals surface area contributed by atoms with Crippen molar-refractivity contribution in [2.24, 2.45) is 0 Å². The van der Waals surface area contributed by atoms with E-state index in [9.17, 15) is 13.2 Å². The standard InChI is InChI=1S/C14H16N2O4S/c17-14(18)10-1-2-12-11(8-16-5-3-15-4-6-16)9-21(19,20)13(12)7-10/h1-2,7,9,15H,3-6,8H2,(H,17,18). The fourth-order valence-corrected chi connectivity index (χ4v) is 4.20. The van der Waals surface area contributed by atoms with Gasteiger partial charge in [-0.3, -0.25) is 4.90 Å². The lowest BCUT2D eigenvalue weighted by Crippen LogP contribution is -2.43. The Morgan fingerprint density at radius 2 is 2.00 bits per heavy atom. The van der Waals surface area contributed by atoms with Crippen molar-refractivity contribution < 1.29 is 18.3 Å². The average Bonchev–Trinajstić information content (AvgIpc) is 2.71. The third-order valence-corrected chi connectivity index (χ3v) is 5.33. The maximum Gasteiger partial charge on any atom is 0.335 e. The van der Waals surface area contributed by atoms with Crippen molar-refractivity contribution >= 4 is 21.4 Å². The van der Waals surface area contributed by atoms with E-state index >= 15 is 0 Å². The van der Waals surface area contributed by atoms with Gasteiger partial charge in [-0.05, 0) is 23.3 Å². The average molecular weight is 308 g/mol. The van der Waals surface area contributed by atoms with Crippen molar-refractivity contribution in [2.45, 2.75) is 4.90 Å². The largest absolute Gasteiger partial charge is 0.478 e. The van der Waals surface area contributed by atoms with Crippen LogP contribution in [0, 0.1) is 0 Å². The number of benzene rings is 1. The Balaban J connectivity index is 1.93. The molecule has 1 aromatic rings. The zero-order valence-corrected chi connectivity index (χ0v) is 12.2. The van der Waals surface area contributed by atoms with E-state index in [0.29, 0.717) is 12.1 Å². The Bertz CT molecular complexity index is 718. The van der Waals surface area contributed by atoms with Crippen molar-refractivity contribution in [2.75, 3.05) is 32.7 Å². The zero-order chi connectivity index (χ0) is 15.0. The molecular weight excluding hydrogens is 292 g/mol. The first-order valence-electron chi connectivity index (χ1n) is 6.74. The molecule has 2 N–H and O–H groups in total. The molecule has 6 nitrogen and oxygen atoms in total. The van der Waals surface area contributed by atoms with Gasteiger partial charge in [-0.25, -0.2) is 13.2 Å². The van der Waals surface area contributed by atoms with E-state index in [1.807, 2.05) is 0 Å². The van der Waals surface area contributed by atoms with Crippen LogP contribution < -0.4 is 5.32 Å². The van der Waals surface area contributed by atoms with E-state index in [0.717, 1.165) is 31.8 Å². The lowest BCUT2D eigenvalue weighted by molar-refractivity contribution is 0.0696. The molecule has 0 bridgehead atoms. The summed E-state index contributed by atoms with van der Waals surface area (Å²) in [6.45, 7) is 4.11. The summed E-state index contributed by atoms with van der Waals surface area (Å²) in [5, 5.41) is 13.5. The lowest BCUT2D eigenvalue weighted by atomic mass is 10.0. The molecule has 0 saturated carbocycles. The number of carbonyl (C=O) groups is 1. The smallest absolute Gasteiger partial charge is 0.335 e. The molecule has 1 aromatic carbocycles. The topological polar surface area (TPSA) is 86.7 Å². The van der Waals surface area contributed by atoms with Crippen molar-refractivity contribution in [3.63, 3.8) is 0 Å². The number of rotatable bonds is 3. The van der Waals surface area contributed by atoms with Gasteiger partial charge < -0.3 is 10.4 Å². The Hall–Kier alpha value is -1.70. The minimum atomic E-state index is -3.53. The fraction of sp³-hybridized carbons (Fsp3) is 0.357. The molecule has 112 valence electrons. The minimum absolute atomic E-state index is 0.00542. The first-order chi connectivity index (χ1) is 9.97. The molecule has 3 rings (SSSR count). The van der Waals surface area contributed by atoms with Crippen LogP contribution in [0.1, 0.15) is 15.9 Å². The molecule has 1 fully saturated rings. The van der Waals surface area contributed by atoms with Gasteiger partial charge in [0.05, 0.1) is 10.5 Å². The molecule has 0 spiro atoms. The molecule has 1 saturated heterocycles. The highest BCUT2D eigenvalue weighted by Crippen LogP contribution is 2.34. The third-order valence-electron chi connectivity index (χ3n) is 3.78. The monoisotopic (exact) mass is 308 g/mol. The van der Waals surface area contributed by atoms with Crippen LogP contribution in [0.15, 0.2) is 28.5 Å². The number of carboxylic acid groups (broad SMARTS) is 1. The van der Waals surface area contributed by atoms with Gasteiger partial charge >= 0.3 is 5.97 Å². The molecule has 0 aromatic heterocycles. The second-order valence-electron chi connectivity index (χ2n) is 5.23. The summed E-state index contributed by atoms with van der Waals surface area (Å²) in [5.74, 6) is -1.12. The van der Waals surface area contributed by atoms with Gasteiger partial charge in [-0.15, -0.1) is 0 Å². The predicted molar refractivity (Wildman–Crippen MR) is 77.9 cm³/mol. The quantitative estimate of drug-likeness (QED) is 0.841. The number of nitrogens with zero attached hydrogens (tertiary/aromatic N) is 1. The van der Waals surface area contributed by atoms with Gasteiger partial charge in [0.1, 0.15) is 0 Å². The zero-order valence-electron chi connectivity index (χ0n) is 11.4. The molecule has 2 aliphatic heterocycles. The fourth-order valence-electron chi connectivity index (χ4n) is 2.70. The maximum atomic E-state index is 12.2. The number of fused-ring (bicyclic) bond motifs is 1. The van der Waals surface area contributed by atoms with Crippen molar-refractivity contribution in [3.8, 4) is 0 Å².